The minimum atomic E-state index is -4.54. The van der Waals surface area contributed by atoms with Crippen molar-refractivity contribution in [3.05, 3.63) is 53.5 Å². The molecule has 26 heavy (non-hydrogen) atoms. The minimum absolute atomic E-state index is 0.0963. The van der Waals surface area contributed by atoms with Gasteiger partial charge in [-0.1, -0.05) is 12.1 Å². The number of nitrogens with one attached hydrogen (secondary N) is 2. The van der Waals surface area contributed by atoms with Gasteiger partial charge >= 0.3 is 6.18 Å². The number of halogens is 3. The van der Waals surface area contributed by atoms with Crippen LogP contribution < -0.4 is 14.9 Å². The van der Waals surface area contributed by atoms with Crippen LogP contribution in [0.4, 0.5) is 18.9 Å². The molecule has 8 heteroatoms. The average molecular weight is 362 g/mol. The van der Waals surface area contributed by atoms with E-state index in [9.17, 15) is 18.4 Å². The van der Waals surface area contributed by atoms with Crippen LogP contribution in [0.3, 0.4) is 0 Å². The number of nitrogens with zero attached hydrogens (tertiary/aromatic N) is 2. The summed E-state index contributed by atoms with van der Waals surface area (Å²) < 4.78 is 40.4. The fraction of sp³-hybridized carbons (Fsp3) is 0.278. The molecule has 0 aliphatic carbocycles. The molecule has 2 N–H and O–H groups in total. The van der Waals surface area contributed by atoms with Crippen molar-refractivity contribution in [2.45, 2.75) is 6.18 Å². The number of hydrogen-bond acceptors (Lipinski definition) is 3. The zero-order chi connectivity index (χ0) is 18.3. The predicted molar refractivity (Wildman–Crippen MR) is 92.8 cm³/mol. The Labute approximate surface area is 147 Å². The van der Waals surface area contributed by atoms with E-state index in [2.05, 4.69) is 15.2 Å². The third-order valence-corrected chi connectivity index (χ3v) is 4.69. The molecular formula is C18H17F3N4O. The Balaban J connectivity index is 1.79. The molecule has 4 rings (SSSR count). The van der Waals surface area contributed by atoms with Gasteiger partial charge in [0.1, 0.15) is 11.8 Å². The molecule has 5 nitrogen and oxygen atoms in total. The molecule has 0 amide bonds. The number of piperazine rings is 1. The van der Waals surface area contributed by atoms with E-state index in [1.165, 1.54) is 12.3 Å². The third-order valence-electron chi connectivity index (χ3n) is 4.69. The number of rotatable bonds is 2. The van der Waals surface area contributed by atoms with E-state index in [4.69, 9.17) is 0 Å². The summed E-state index contributed by atoms with van der Waals surface area (Å²) in [4.78, 5) is 4.68. The van der Waals surface area contributed by atoms with Gasteiger partial charge in [-0.2, -0.15) is 13.2 Å². The molecule has 1 fully saturated rings. The number of fused-ring (bicyclic) bond motifs is 1. The SMILES string of the molecule is [O-][n+]1ccc(-c2ccc(N3CCNCC3)cc2)c2c(C(F)(F)F)c[nH]c21. The number of benzene rings is 1. The second-order valence-electron chi connectivity index (χ2n) is 6.26. The summed E-state index contributed by atoms with van der Waals surface area (Å²) in [6, 6.07) is 8.84. The Morgan fingerprint density at radius 2 is 1.73 bits per heavy atom. The molecule has 136 valence electrons. The van der Waals surface area contributed by atoms with Crippen molar-refractivity contribution in [3.63, 3.8) is 0 Å². The molecular weight excluding hydrogens is 345 g/mol. The maximum Gasteiger partial charge on any atom is 0.420 e. The Bertz CT molecular complexity index is 928. The van der Waals surface area contributed by atoms with Gasteiger partial charge < -0.3 is 15.4 Å². The van der Waals surface area contributed by atoms with Crippen LogP contribution in [0.1, 0.15) is 5.56 Å². The van der Waals surface area contributed by atoms with E-state index >= 15 is 0 Å². The van der Waals surface area contributed by atoms with Crippen molar-refractivity contribution >= 4 is 16.7 Å². The summed E-state index contributed by atoms with van der Waals surface area (Å²) >= 11 is 0. The van der Waals surface area contributed by atoms with E-state index in [1.54, 1.807) is 12.1 Å². The summed E-state index contributed by atoms with van der Waals surface area (Å²) in [5.74, 6) is 0. The fourth-order valence-corrected chi connectivity index (χ4v) is 3.40. The smallest absolute Gasteiger partial charge is 0.420 e. The maximum atomic E-state index is 13.3. The Morgan fingerprint density at radius 1 is 1.04 bits per heavy atom. The third kappa shape index (κ3) is 2.86. The number of aromatic amines is 1. The minimum Gasteiger partial charge on any atom is -0.711 e. The quantitative estimate of drug-likeness (QED) is 0.544. The molecule has 1 aliphatic heterocycles. The molecule has 1 aliphatic rings. The molecule has 0 atom stereocenters. The Kier molecular flexibility index (Phi) is 3.99. The van der Waals surface area contributed by atoms with Gasteiger partial charge in [0, 0.05) is 37.4 Å². The first-order valence-corrected chi connectivity index (χ1v) is 8.32. The Hall–Kier alpha value is -2.74. The first kappa shape index (κ1) is 16.7. The van der Waals surface area contributed by atoms with Gasteiger partial charge in [0.2, 0.25) is 0 Å². The van der Waals surface area contributed by atoms with E-state index in [-0.39, 0.29) is 11.0 Å². The highest BCUT2D eigenvalue weighted by Crippen LogP contribution is 2.38. The van der Waals surface area contributed by atoms with Gasteiger partial charge in [0.25, 0.3) is 5.65 Å². The van der Waals surface area contributed by atoms with Crippen LogP contribution in [0.25, 0.3) is 22.2 Å². The Morgan fingerprint density at radius 3 is 2.38 bits per heavy atom. The lowest BCUT2D eigenvalue weighted by molar-refractivity contribution is -0.578. The van der Waals surface area contributed by atoms with Gasteiger partial charge in [-0.05, 0) is 23.8 Å². The summed E-state index contributed by atoms with van der Waals surface area (Å²) in [6.45, 7) is 3.59. The summed E-state index contributed by atoms with van der Waals surface area (Å²) in [7, 11) is 0. The molecule has 0 spiro atoms. The summed E-state index contributed by atoms with van der Waals surface area (Å²) in [6.07, 6.45) is -2.47. The summed E-state index contributed by atoms with van der Waals surface area (Å²) in [5.41, 5.74) is 1.12. The highest BCUT2D eigenvalue weighted by atomic mass is 19.4. The molecule has 0 unspecified atom stereocenters. The average Bonchev–Trinajstić information content (AvgIpc) is 3.10. The van der Waals surface area contributed by atoms with Crippen molar-refractivity contribution < 1.29 is 17.9 Å². The highest BCUT2D eigenvalue weighted by Gasteiger charge is 2.37. The zero-order valence-corrected chi connectivity index (χ0v) is 13.8. The van der Waals surface area contributed by atoms with Gasteiger partial charge in [0.05, 0.1) is 11.6 Å². The monoisotopic (exact) mass is 362 g/mol. The molecule has 3 heterocycles. The molecule has 0 saturated carbocycles. The van der Waals surface area contributed by atoms with Crippen molar-refractivity contribution in [1.29, 1.82) is 0 Å². The van der Waals surface area contributed by atoms with Gasteiger partial charge in [-0.3, -0.25) is 0 Å². The first-order chi connectivity index (χ1) is 12.4. The molecule has 2 aromatic heterocycles. The number of H-pyrrole nitrogens is 1. The van der Waals surface area contributed by atoms with E-state index in [1.807, 2.05) is 12.1 Å². The molecule has 0 radical (unpaired) electrons. The normalized spacial score (nSPS) is 15.6. The lowest BCUT2D eigenvalue weighted by atomic mass is 10.0. The standard InChI is InChI=1S/C18H17F3N4O/c19-18(20,21)15-11-23-17-16(15)14(5-8-25(17)26)12-1-3-13(4-2-12)24-9-6-22-7-10-24/h1-5,8,11,22-23H,6-7,9-10H2. The van der Waals surface area contributed by atoms with Crippen LogP contribution in [-0.4, -0.2) is 31.2 Å². The summed E-state index contributed by atoms with van der Waals surface area (Å²) in [5, 5.41) is 15.0. The maximum absolute atomic E-state index is 13.3. The van der Waals surface area contributed by atoms with Crippen LogP contribution in [0.2, 0.25) is 0 Å². The number of anilines is 1. The largest absolute Gasteiger partial charge is 0.711 e. The number of pyridine rings is 1. The van der Waals surface area contributed by atoms with Crippen LogP contribution >= 0.6 is 0 Å². The van der Waals surface area contributed by atoms with Crippen LogP contribution in [0, 0.1) is 5.21 Å². The van der Waals surface area contributed by atoms with E-state index in [0.29, 0.717) is 15.9 Å². The fourth-order valence-electron chi connectivity index (χ4n) is 3.40. The van der Waals surface area contributed by atoms with Gasteiger partial charge in [-0.15, -0.1) is 0 Å². The number of hydrogen-bond donors (Lipinski definition) is 2. The molecule has 1 aromatic carbocycles. The van der Waals surface area contributed by atoms with Crippen molar-refractivity contribution in [1.82, 2.24) is 10.3 Å². The van der Waals surface area contributed by atoms with Crippen LogP contribution in [-0.2, 0) is 6.18 Å². The highest BCUT2D eigenvalue weighted by molar-refractivity contribution is 5.94. The molecule has 1 saturated heterocycles. The predicted octanol–water partition coefficient (Wildman–Crippen LogP) is 2.90. The van der Waals surface area contributed by atoms with Crippen molar-refractivity contribution in [2.24, 2.45) is 0 Å². The zero-order valence-electron chi connectivity index (χ0n) is 13.8. The lowest BCUT2D eigenvalue weighted by Crippen LogP contribution is -2.43. The van der Waals surface area contributed by atoms with Crippen molar-refractivity contribution in [3.8, 4) is 11.1 Å². The number of alkyl halides is 3. The molecule has 3 aromatic rings. The molecule has 0 bridgehead atoms. The van der Waals surface area contributed by atoms with Crippen LogP contribution in [0.15, 0.2) is 42.7 Å². The second kappa shape index (κ2) is 6.21. The topological polar surface area (TPSA) is 58.0 Å². The van der Waals surface area contributed by atoms with Crippen molar-refractivity contribution in [2.75, 3.05) is 31.1 Å². The lowest BCUT2D eigenvalue weighted by Gasteiger charge is -2.29. The van der Waals surface area contributed by atoms with E-state index < -0.39 is 11.7 Å². The first-order valence-electron chi connectivity index (χ1n) is 8.32. The number of aromatic nitrogens is 2. The van der Waals surface area contributed by atoms with E-state index in [0.717, 1.165) is 38.1 Å². The van der Waals surface area contributed by atoms with Crippen LogP contribution in [0.5, 0.6) is 0 Å². The van der Waals surface area contributed by atoms with Gasteiger partial charge in [-0.25, -0.2) is 9.71 Å². The van der Waals surface area contributed by atoms with Gasteiger partial charge in [0.15, 0.2) is 0 Å². The second-order valence-corrected chi connectivity index (χ2v) is 6.26.